The lowest BCUT2D eigenvalue weighted by atomic mass is 10.1. The highest BCUT2D eigenvalue weighted by molar-refractivity contribution is 5.30. The molecule has 128 valence electrons. The molecule has 0 aliphatic carbocycles. The number of aromatic nitrogens is 2. The van der Waals surface area contributed by atoms with Crippen molar-refractivity contribution in [3.8, 4) is 0 Å². The molecule has 0 bridgehead atoms. The minimum absolute atomic E-state index is 0.0385. The molecular formula is C18H24N4O2. The summed E-state index contributed by atoms with van der Waals surface area (Å²) in [5, 5.41) is 3.13. The molecule has 2 unspecified atom stereocenters. The molecule has 1 aliphatic rings. The van der Waals surface area contributed by atoms with Crippen molar-refractivity contribution in [2.75, 3.05) is 31.6 Å². The predicted octanol–water partition coefficient (Wildman–Crippen LogP) is 1.65. The standard InChI is InChI=1S/C18H24N4O2/c1-14(15-6-4-3-5-7-15)22-10-11-24-16(13-22)12-20-17-18(23)21(2)9-8-19-17/h3-9,14,16H,10-13H2,1-2H3,(H,19,20). The molecule has 1 N–H and O–H groups in total. The largest absolute Gasteiger partial charge is 0.374 e. The third-order valence-electron chi connectivity index (χ3n) is 4.51. The maximum absolute atomic E-state index is 12.0. The maximum atomic E-state index is 12.0. The van der Waals surface area contributed by atoms with Gasteiger partial charge >= 0.3 is 0 Å². The van der Waals surface area contributed by atoms with Crippen molar-refractivity contribution >= 4 is 5.82 Å². The summed E-state index contributed by atoms with van der Waals surface area (Å²) in [6.45, 7) is 5.24. The number of benzene rings is 1. The molecule has 1 aliphatic heterocycles. The third kappa shape index (κ3) is 3.83. The lowest BCUT2D eigenvalue weighted by Crippen LogP contribution is -2.46. The molecule has 2 heterocycles. The normalized spacial score (nSPS) is 19.8. The first-order valence-corrected chi connectivity index (χ1v) is 8.31. The summed E-state index contributed by atoms with van der Waals surface area (Å²) in [4.78, 5) is 18.5. The highest BCUT2D eigenvalue weighted by Gasteiger charge is 2.25. The molecule has 6 heteroatoms. The average molecular weight is 328 g/mol. The Kier molecular flexibility index (Phi) is 5.27. The third-order valence-corrected chi connectivity index (χ3v) is 4.51. The van der Waals surface area contributed by atoms with Gasteiger partial charge in [0.15, 0.2) is 5.82 Å². The van der Waals surface area contributed by atoms with Gasteiger partial charge in [-0.05, 0) is 12.5 Å². The van der Waals surface area contributed by atoms with Gasteiger partial charge in [-0.25, -0.2) is 4.98 Å². The number of hydrogen-bond acceptors (Lipinski definition) is 5. The number of nitrogens with zero attached hydrogens (tertiary/aromatic N) is 3. The van der Waals surface area contributed by atoms with Crippen molar-refractivity contribution < 1.29 is 4.74 Å². The summed E-state index contributed by atoms with van der Waals surface area (Å²) in [7, 11) is 1.72. The van der Waals surface area contributed by atoms with Crippen LogP contribution in [0.25, 0.3) is 0 Å². The first kappa shape index (κ1) is 16.7. The van der Waals surface area contributed by atoms with Crippen LogP contribution in [0, 0.1) is 0 Å². The first-order valence-electron chi connectivity index (χ1n) is 8.31. The number of hydrogen-bond donors (Lipinski definition) is 1. The molecule has 1 aromatic heterocycles. The molecule has 2 atom stereocenters. The summed E-state index contributed by atoms with van der Waals surface area (Å²) in [5.74, 6) is 0.372. The van der Waals surface area contributed by atoms with Crippen LogP contribution in [0.15, 0.2) is 47.5 Å². The Morgan fingerprint density at radius 3 is 2.96 bits per heavy atom. The van der Waals surface area contributed by atoms with Gasteiger partial charge in [-0.3, -0.25) is 9.69 Å². The smallest absolute Gasteiger partial charge is 0.293 e. The van der Waals surface area contributed by atoms with Crippen molar-refractivity contribution in [1.29, 1.82) is 0 Å². The Bertz CT molecular complexity index is 716. The summed E-state index contributed by atoms with van der Waals surface area (Å²) in [6, 6.07) is 10.8. The molecule has 0 amide bonds. The number of nitrogens with one attached hydrogen (secondary N) is 1. The predicted molar refractivity (Wildman–Crippen MR) is 94.1 cm³/mol. The van der Waals surface area contributed by atoms with Crippen LogP contribution in [0.2, 0.25) is 0 Å². The minimum Gasteiger partial charge on any atom is -0.374 e. The molecule has 1 fully saturated rings. The number of anilines is 1. The monoisotopic (exact) mass is 328 g/mol. The van der Waals surface area contributed by atoms with Gasteiger partial charge in [0.2, 0.25) is 0 Å². The minimum atomic E-state index is -0.122. The van der Waals surface area contributed by atoms with E-state index >= 15 is 0 Å². The van der Waals surface area contributed by atoms with Crippen LogP contribution in [0.5, 0.6) is 0 Å². The Labute approximate surface area is 142 Å². The quantitative estimate of drug-likeness (QED) is 0.904. The van der Waals surface area contributed by atoms with E-state index < -0.39 is 0 Å². The van der Waals surface area contributed by atoms with E-state index in [1.807, 2.05) is 6.07 Å². The lowest BCUT2D eigenvalue weighted by molar-refractivity contribution is -0.0346. The SMILES string of the molecule is CC(c1ccccc1)N1CCOC(CNc2nccn(C)c2=O)C1. The van der Waals surface area contributed by atoms with E-state index in [0.717, 1.165) is 13.1 Å². The van der Waals surface area contributed by atoms with Crippen molar-refractivity contribution in [2.24, 2.45) is 7.05 Å². The van der Waals surface area contributed by atoms with Gasteiger partial charge in [0.1, 0.15) is 0 Å². The van der Waals surface area contributed by atoms with Gasteiger partial charge < -0.3 is 14.6 Å². The highest BCUT2D eigenvalue weighted by Crippen LogP contribution is 2.22. The molecule has 0 radical (unpaired) electrons. The molecule has 24 heavy (non-hydrogen) atoms. The first-order chi connectivity index (χ1) is 11.6. The van der Waals surface area contributed by atoms with Gasteiger partial charge in [-0.1, -0.05) is 30.3 Å². The second-order valence-electron chi connectivity index (χ2n) is 6.15. The molecule has 0 saturated carbocycles. The zero-order valence-corrected chi connectivity index (χ0v) is 14.2. The maximum Gasteiger partial charge on any atom is 0.293 e. The second kappa shape index (κ2) is 7.59. The van der Waals surface area contributed by atoms with Crippen molar-refractivity contribution in [1.82, 2.24) is 14.5 Å². The van der Waals surface area contributed by atoms with E-state index in [4.69, 9.17) is 4.74 Å². The van der Waals surface area contributed by atoms with E-state index in [1.54, 1.807) is 19.4 Å². The van der Waals surface area contributed by atoms with Crippen LogP contribution < -0.4 is 10.9 Å². The Morgan fingerprint density at radius 1 is 1.38 bits per heavy atom. The van der Waals surface area contributed by atoms with E-state index in [2.05, 4.69) is 46.4 Å². The average Bonchev–Trinajstić information content (AvgIpc) is 2.63. The van der Waals surface area contributed by atoms with Crippen LogP contribution >= 0.6 is 0 Å². The number of morpholine rings is 1. The summed E-state index contributed by atoms with van der Waals surface area (Å²) >= 11 is 0. The summed E-state index contributed by atoms with van der Waals surface area (Å²) in [5.41, 5.74) is 1.19. The lowest BCUT2D eigenvalue weighted by Gasteiger charge is -2.37. The van der Waals surface area contributed by atoms with Crippen LogP contribution in [0.3, 0.4) is 0 Å². The zero-order valence-electron chi connectivity index (χ0n) is 14.2. The van der Waals surface area contributed by atoms with Gasteiger partial charge in [0, 0.05) is 45.1 Å². The van der Waals surface area contributed by atoms with Crippen molar-refractivity contribution in [2.45, 2.75) is 19.1 Å². The highest BCUT2D eigenvalue weighted by atomic mass is 16.5. The molecule has 1 aromatic carbocycles. The fraction of sp³-hybridized carbons (Fsp3) is 0.444. The van der Waals surface area contributed by atoms with E-state index in [1.165, 1.54) is 10.1 Å². The van der Waals surface area contributed by atoms with Crippen LogP contribution in [-0.2, 0) is 11.8 Å². The molecular weight excluding hydrogens is 304 g/mol. The van der Waals surface area contributed by atoms with Crippen molar-refractivity contribution in [3.05, 3.63) is 58.6 Å². The fourth-order valence-corrected chi connectivity index (χ4v) is 2.99. The number of aryl methyl sites for hydroxylation is 1. The summed E-state index contributed by atoms with van der Waals surface area (Å²) in [6.07, 6.45) is 3.31. The fourth-order valence-electron chi connectivity index (χ4n) is 2.99. The molecule has 0 spiro atoms. The van der Waals surface area contributed by atoms with Gasteiger partial charge in [-0.2, -0.15) is 0 Å². The van der Waals surface area contributed by atoms with Gasteiger partial charge in [0.25, 0.3) is 5.56 Å². The van der Waals surface area contributed by atoms with Gasteiger partial charge in [0.05, 0.1) is 12.7 Å². The number of rotatable bonds is 5. The Morgan fingerprint density at radius 2 is 2.17 bits per heavy atom. The second-order valence-corrected chi connectivity index (χ2v) is 6.15. The van der Waals surface area contributed by atoms with E-state index in [0.29, 0.717) is 25.0 Å². The Hall–Kier alpha value is -2.18. The molecule has 2 aromatic rings. The van der Waals surface area contributed by atoms with Gasteiger partial charge in [-0.15, -0.1) is 0 Å². The molecule has 3 rings (SSSR count). The van der Waals surface area contributed by atoms with Crippen LogP contribution in [0.4, 0.5) is 5.82 Å². The van der Waals surface area contributed by atoms with E-state index in [-0.39, 0.29) is 11.7 Å². The topological polar surface area (TPSA) is 59.4 Å². The van der Waals surface area contributed by atoms with E-state index in [9.17, 15) is 4.79 Å². The van der Waals surface area contributed by atoms with Crippen molar-refractivity contribution in [3.63, 3.8) is 0 Å². The molecule has 1 saturated heterocycles. The number of ether oxygens (including phenoxy) is 1. The zero-order chi connectivity index (χ0) is 16.9. The molecule has 6 nitrogen and oxygen atoms in total. The van der Waals surface area contributed by atoms with Crippen LogP contribution in [0.1, 0.15) is 18.5 Å². The Balaban J connectivity index is 1.59. The summed E-state index contributed by atoms with van der Waals surface area (Å²) < 4.78 is 7.36. The van der Waals surface area contributed by atoms with Crippen LogP contribution in [-0.4, -0.2) is 46.8 Å².